The maximum absolute atomic E-state index is 12.9. The van der Waals surface area contributed by atoms with Gasteiger partial charge in [-0.25, -0.2) is 9.18 Å². The van der Waals surface area contributed by atoms with Crippen LogP contribution in [0.4, 0.5) is 10.1 Å². The molecular weight excluding hydrogens is 329 g/mol. The zero-order chi connectivity index (χ0) is 18.4. The smallest absolute Gasteiger partial charge is 0.342 e. The number of para-hydroxylation sites is 1. The highest BCUT2D eigenvalue weighted by Gasteiger charge is 2.23. The van der Waals surface area contributed by atoms with Crippen molar-refractivity contribution in [2.45, 2.75) is 13.0 Å². The average Bonchev–Trinajstić information content (AvgIpc) is 2.62. The molecule has 132 valence electrons. The number of amides is 1. The van der Waals surface area contributed by atoms with E-state index in [1.165, 1.54) is 51.5 Å². The van der Waals surface area contributed by atoms with Crippen LogP contribution in [0.3, 0.4) is 0 Å². The molecule has 0 saturated carbocycles. The molecule has 0 spiro atoms. The van der Waals surface area contributed by atoms with Gasteiger partial charge >= 0.3 is 5.97 Å². The van der Waals surface area contributed by atoms with Crippen LogP contribution in [-0.2, 0) is 9.53 Å². The van der Waals surface area contributed by atoms with Crippen molar-refractivity contribution in [3.63, 3.8) is 0 Å². The fraction of sp³-hybridized carbons (Fsp3) is 0.222. The maximum atomic E-state index is 12.9. The summed E-state index contributed by atoms with van der Waals surface area (Å²) in [6, 6.07) is 10.0. The Hall–Kier alpha value is -3.09. The molecule has 0 radical (unpaired) electrons. The molecular formula is C18H18FNO5. The van der Waals surface area contributed by atoms with E-state index in [-0.39, 0.29) is 11.3 Å². The zero-order valence-corrected chi connectivity index (χ0v) is 14.0. The summed E-state index contributed by atoms with van der Waals surface area (Å²) in [4.78, 5) is 24.4. The fourth-order valence-corrected chi connectivity index (χ4v) is 2.10. The largest absolute Gasteiger partial charge is 0.493 e. The van der Waals surface area contributed by atoms with Crippen LogP contribution >= 0.6 is 0 Å². The summed E-state index contributed by atoms with van der Waals surface area (Å²) in [6.07, 6.45) is -1.06. The van der Waals surface area contributed by atoms with Gasteiger partial charge in [0, 0.05) is 5.69 Å². The minimum absolute atomic E-state index is 0.142. The molecule has 1 amide bonds. The van der Waals surface area contributed by atoms with Crippen LogP contribution in [0.2, 0.25) is 0 Å². The molecule has 0 aliphatic rings. The molecule has 0 aliphatic carbocycles. The van der Waals surface area contributed by atoms with Crippen molar-refractivity contribution in [2.75, 3.05) is 19.5 Å². The molecule has 0 bridgehead atoms. The number of methoxy groups -OCH3 is 2. The van der Waals surface area contributed by atoms with Gasteiger partial charge in [0.15, 0.2) is 17.6 Å². The number of anilines is 1. The highest BCUT2D eigenvalue weighted by Crippen LogP contribution is 2.31. The van der Waals surface area contributed by atoms with Crippen LogP contribution in [0.5, 0.6) is 11.5 Å². The minimum atomic E-state index is -1.06. The minimum Gasteiger partial charge on any atom is -0.493 e. The molecule has 0 aromatic heterocycles. The molecule has 2 aromatic rings. The summed E-state index contributed by atoms with van der Waals surface area (Å²) in [6.45, 7) is 1.43. The first kappa shape index (κ1) is 18.3. The molecule has 0 heterocycles. The summed E-state index contributed by atoms with van der Waals surface area (Å²) in [5.74, 6) is -1.08. The van der Waals surface area contributed by atoms with E-state index in [0.29, 0.717) is 11.4 Å². The standard InChI is InChI=1S/C18H18FNO5/c1-11(17(21)20-13-9-7-12(19)8-10-13)25-18(22)14-5-4-6-15(23-2)16(14)24-3/h4-11H,1-3H3,(H,20,21)/t11-/m1/s1. The number of halogens is 1. The number of esters is 1. The Labute approximate surface area is 144 Å². The van der Waals surface area contributed by atoms with Crippen molar-refractivity contribution in [2.24, 2.45) is 0 Å². The zero-order valence-electron chi connectivity index (χ0n) is 14.0. The Bertz CT molecular complexity index is 761. The lowest BCUT2D eigenvalue weighted by molar-refractivity contribution is -0.123. The van der Waals surface area contributed by atoms with Crippen molar-refractivity contribution in [3.05, 3.63) is 53.8 Å². The molecule has 0 aliphatic heterocycles. The molecule has 1 atom stereocenters. The van der Waals surface area contributed by atoms with Crippen LogP contribution in [0.25, 0.3) is 0 Å². The van der Waals surface area contributed by atoms with Gasteiger partial charge in [0.2, 0.25) is 0 Å². The number of nitrogens with one attached hydrogen (secondary N) is 1. The lowest BCUT2D eigenvalue weighted by atomic mass is 10.2. The van der Waals surface area contributed by atoms with Crippen molar-refractivity contribution in [3.8, 4) is 11.5 Å². The Balaban J connectivity index is 2.07. The van der Waals surface area contributed by atoms with E-state index in [0.717, 1.165) is 0 Å². The Morgan fingerprint density at radius 1 is 1.04 bits per heavy atom. The third-order valence-corrected chi connectivity index (χ3v) is 3.39. The lowest BCUT2D eigenvalue weighted by Crippen LogP contribution is -2.30. The second-order valence-corrected chi connectivity index (χ2v) is 5.08. The molecule has 0 unspecified atom stereocenters. The summed E-state index contributed by atoms with van der Waals surface area (Å²) in [5.41, 5.74) is 0.538. The van der Waals surface area contributed by atoms with E-state index in [2.05, 4.69) is 5.32 Å². The lowest BCUT2D eigenvalue weighted by Gasteiger charge is -2.16. The predicted molar refractivity (Wildman–Crippen MR) is 89.5 cm³/mol. The Morgan fingerprint density at radius 3 is 2.32 bits per heavy atom. The van der Waals surface area contributed by atoms with E-state index in [4.69, 9.17) is 14.2 Å². The summed E-state index contributed by atoms with van der Waals surface area (Å²) >= 11 is 0. The predicted octanol–water partition coefficient (Wildman–Crippen LogP) is 3.03. The highest BCUT2D eigenvalue weighted by atomic mass is 19.1. The fourth-order valence-electron chi connectivity index (χ4n) is 2.10. The molecule has 7 heteroatoms. The first-order valence-electron chi connectivity index (χ1n) is 7.44. The number of ether oxygens (including phenoxy) is 3. The van der Waals surface area contributed by atoms with Crippen LogP contribution in [-0.4, -0.2) is 32.2 Å². The SMILES string of the molecule is COc1cccc(C(=O)O[C@H](C)C(=O)Nc2ccc(F)cc2)c1OC. The molecule has 0 saturated heterocycles. The van der Waals surface area contributed by atoms with E-state index in [1.54, 1.807) is 12.1 Å². The molecule has 2 rings (SSSR count). The Kier molecular flexibility index (Phi) is 5.94. The van der Waals surface area contributed by atoms with E-state index in [1.807, 2.05) is 0 Å². The molecule has 1 N–H and O–H groups in total. The van der Waals surface area contributed by atoms with Gasteiger partial charge in [-0.1, -0.05) is 6.07 Å². The van der Waals surface area contributed by atoms with Crippen molar-refractivity contribution < 1.29 is 28.2 Å². The molecule has 25 heavy (non-hydrogen) atoms. The van der Waals surface area contributed by atoms with Gasteiger partial charge in [0.1, 0.15) is 11.4 Å². The van der Waals surface area contributed by atoms with Crippen molar-refractivity contribution >= 4 is 17.6 Å². The van der Waals surface area contributed by atoms with Crippen molar-refractivity contribution in [1.29, 1.82) is 0 Å². The van der Waals surface area contributed by atoms with Crippen LogP contribution in [0.1, 0.15) is 17.3 Å². The molecule has 6 nitrogen and oxygen atoms in total. The van der Waals surface area contributed by atoms with Crippen LogP contribution in [0.15, 0.2) is 42.5 Å². The number of hydrogen-bond acceptors (Lipinski definition) is 5. The highest BCUT2D eigenvalue weighted by molar-refractivity contribution is 5.98. The number of rotatable bonds is 6. The van der Waals surface area contributed by atoms with Gasteiger partial charge in [-0.2, -0.15) is 0 Å². The van der Waals surface area contributed by atoms with Gasteiger partial charge in [-0.05, 0) is 43.3 Å². The number of carbonyl (C=O) groups excluding carboxylic acids is 2. The first-order valence-corrected chi connectivity index (χ1v) is 7.44. The third-order valence-electron chi connectivity index (χ3n) is 3.39. The van der Waals surface area contributed by atoms with Crippen LogP contribution < -0.4 is 14.8 Å². The van der Waals surface area contributed by atoms with Gasteiger partial charge in [-0.3, -0.25) is 4.79 Å². The second-order valence-electron chi connectivity index (χ2n) is 5.08. The average molecular weight is 347 g/mol. The van der Waals surface area contributed by atoms with E-state index in [9.17, 15) is 14.0 Å². The van der Waals surface area contributed by atoms with Gasteiger partial charge in [-0.15, -0.1) is 0 Å². The second kappa shape index (κ2) is 8.14. The maximum Gasteiger partial charge on any atom is 0.342 e. The molecule has 2 aromatic carbocycles. The number of benzene rings is 2. The number of carbonyl (C=O) groups is 2. The molecule has 0 fully saturated rings. The van der Waals surface area contributed by atoms with Crippen molar-refractivity contribution in [1.82, 2.24) is 0 Å². The monoisotopic (exact) mass is 347 g/mol. The van der Waals surface area contributed by atoms with E-state index < -0.39 is 23.8 Å². The van der Waals surface area contributed by atoms with Crippen LogP contribution in [0, 0.1) is 5.82 Å². The van der Waals surface area contributed by atoms with Gasteiger partial charge < -0.3 is 19.5 Å². The number of hydrogen-bond donors (Lipinski definition) is 1. The Morgan fingerprint density at radius 2 is 1.72 bits per heavy atom. The normalized spacial score (nSPS) is 11.4. The quantitative estimate of drug-likeness (QED) is 0.813. The topological polar surface area (TPSA) is 73.9 Å². The third kappa shape index (κ3) is 4.47. The van der Waals surface area contributed by atoms with Gasteiger partial charge in [0.25, 0.3) is 5.91 Å². The first-order chi connectivity index (χ1) is 12.0. The summed E-state index contributed by atoms with van der Waals surface area (Å²) in [7, 11) is 2.85. The van der Waals surface area contributed by atoms with Gasteiger partial charge in [0.05, 0.1) is 14.2 Å². The summed E-state index contributed by atoms with van der Waals surface area (Å²) < 4.78 is 28.3. The van der Waals surface area contributed by atoms with E-state index >= 15 is 0 Å². The summed E-state index contributed by atoms with van der Waals surface area (Å²) in [5, 5.41) is 2.54.